The molecule has 2 rings (SSSR count). The molecule has 0 aromatic carbocycles. The molecule has 2 atom stereocenters. The van der Waals surface area contributed by atoms with Crippen molar-refractivity contribution in [2.24, 2.45) is 0 Å². The molecule has 4 nitrogen and oxygen atoms in total. The van der Waals surface area contributed by atoms with E-state index in [1.807, 2.05) is 25.1 Å². The Kier molecular flexibility index (Phi) is 2.28. The monoisotopic (exact) mass is 198 g/mol. The van der Waals surface area contributed by atoms with Crippen LogP contribution in [0.4, 0.5) is 5.82 Å². The minimum absolute atomic E-state index is 0.00263. The molecule has 2 unspecified atom stereocenters. The molecule has 1 fully saturated rings. The number of hydrogen-bond donors (Lipinski definition) is 0. The van der Waals surface area contributed by atoms with Gasteiger partial charge in [-0.15, -0.1) is 0 Å². The highest BCUT2D eigenvalue weighted by Gasteiger charge is 2.28. The van der Waals surface area contributed by atoms with Gasteiger partial charge >= 0.3 is 0 Å². The van der Waals surface area contributed by atoms with E-state index in [9.17, 15) is 4.21 Å². The van der Waals surface area contributed by atoms with Crippen molar-refractivity contribution >= 4 is 17.1 Å². The fraction of sp³-hybridized carbons (Fsp3) is 0.375. The number of hydrogen-bond acceptors (Lipinski definition) is 3. The Labute approximate surface area is 79.3 Å². The normalized spacial score (nSPS) is 27.9. The van der Waals surface area contributed by atoms with E-state index in [1.54, 1.807) is 10.5 Å². The number of aromatic nitrogens is 1. The van der Waals surface area contributed by atoms with E-state index in [4.69, 9.17) is 4.18 Å². The van der Waals surface area contributed by atoms with Crippen LogP contribution in [-0.2, 0) is 15.4 Å². The molecule has 0 N–H and O–H groups in total. The second-order valence-corrected chi connectivity index (χ2v) is 3.94. The first-order chi connectivity index (χ1) is 6.27. The molecule has 0 radical (unpaired) electrons. The van der Waals surface area contributed by atoms with Crippen molar-refractivity contribution in [2.45, 2.75) is 13.0 Å². The molecule has 1 aromatic rings. The summed E-state index contributed by atoms with van der Waals surface area (Å²) in [4.78, 5) is 4.10. The minimum Gasteiger partial charge on any atom is -0.269 e. The highest BCUT2D eigenvalue weighted by molar-refractivity contribution is 7.82. The maximum Gasteiger partial charge on any atom is 0.266 e. The maximum absolute atomic E-state index is 11.4. The molecule has 70 valence electrons. The number of rotatable bonds is 1. The van der Waals surface area contributed by atoms with Crippen LogP contribution in [0.1, 0.15) is 6.92 Å². The summed E-state index contributed by atoms with van der Waals surface area (Å²) in [7, 11) is 0. The predicted molar refractivity (Wildman–Crippen MR) is 50.3 cm³/mol. The van der Waals surface area contributed by atoms with Crippen molar-refractivity contribution in [2.75, 3.05) is 10.8 Å². The second kappa shape index (κ2) is 3.43. The molecule has 0 spiro atoms. The van der Waals surface area contributed by atoms with Crippen LogP contribution in [0, 0.1) is 0 Å². The number of pyridine rings is 1. The molecule has 0 bridgehead atoms. The highest BCUT2D eigenvalue weighted by Crippen LogP contribution is 2.20. The molecule has 13 heavy (non-hydrogen) atoms. The van der Waals surface area contributed by atoms with Gasteiger partial charge in [-0.1, -0.05) is 6.07 Å². The largest absolute Gasteiger partial charge is 0.269 e. The Hall–Kier alpha value is -0.940. The SMILES string of the molecule is CC1CN(c2ccccn2)S(=O)O1. The lowest BCUT2D eigenvalue weighted by atomic mass is 10.4. The van der Waals surface area contributed by atoms with Crippen molar-refractivity contribution in [1.82, 2.24) is 4.98 Å². The van der Waals surface area contributed by atoms with E-state index >= 15 is 0 Å². The van der Waals surface area contributed by atoms with Crippen molar-refractivity contribution < 1.29 is 8.39 Å². The van der Waals surface area contributed by atoms with Gasteiger partial charge in [0.1, 0.15) is 5.82 Å². The van der Waals surface area contributed by atoms with Gasteiger partial charge in [-0.05, 0) is 19.1 Å². The lowest BCUT2D eigenvalue weighted by Crippen LogP contribution is -2.21. The lowest BCUT2D eigenvalue weighted by Gasteiger charge is -2.11. The second-order valence-electron chi connectivity index (χ2n) is 2.87. The molecule has 0 amide bonds. The summed E-state index contributed by atoms with van der Waals surface area (Å²) in [6.45, 7) is 2.52. The van der Waals surface area contributed by atoms with E-state index in [0.29, 0.717) is 12.4 Å². The zero-order valence-electron chi connectivity index (χ0n) is 7.21. The average molecular weight is 198 g/mol. The molecule has 0 saturated carbocycles. The minimum atomic E-state index is -1.37. The summed E-state index contributed by atoms with van der Waals surface area (Å²) < 4.78 is 18.1. The standard InChI is InChI=1S/C8H10N2O2S/c1-7-6-10(13(11)12-7)8-4-2-3-5-9-8/h2-5,7H,6H2,1H3. The molecule has 2 heterocycles. The zero-order valence-corrected chi connectivity index (χ0v) is 8.03. The van der Waals surface area contributed by atoms with E-state index < -0.39 is 11.3 Å². The van der Waals surface area contributed by atoms with E-state index in [2.05, 4.69) is 4.98 Å². The van der Waals surface area contributed by atoms with Crippen LogP contribution in [-0.4, -0.2) is 21.8 Å². The van der Waals surface area contributed by atoms with Gasteiger partial charge in [0.25, 0.3) is 11.3 Å². The van der Waals surface area contributed by atoms with Gasteiger partial charge in [-0.2, -0.15) is 0 Å². The zero-order chi connectivity index (χ0) is 9.26. The third-order valence-electron chi connectivity index (χ3n) is 1.75. The number of nitrogens with zero attached hydrogens (tertiary/aromatic N) is 2. The summed E-state index contributed by atoms with van der Waals surface area (Å²) in [5, 5.41) is 0. The van der Waals surface area contributed by atoms with Gasteiger partial charge in [-0.25, -0.2) is 13.5 Å². The van der Waals surface area contributed by atoms with Gasteiger partial charge in [0.05, 0.1) is 12.6 Å². The van der Waals surface area contributed by atoms with Crippen molar-refractivity contribution in [3.05, 3.63) is 24.4 Å². The maximum atomic E-state index is 11.4. The third-order valence-corrected chi connectivity index (χ3v) is 2.94. The Morgan fingerprint density at radius 2 is 2.54 bits per heavy atom. The first-order valence-electron chi connectivity index (χ1n) is 4.05. The topological polar surface area (TPSA) is 42.4 Å². The first kappa shape index (κ1) is 8.65. The van der Waals surface area contributed by atoms with Crippen LogP contribution < -0.4 is 4.31 Å². The summed E-state index contributed by atoms with van der Waals surface area (Å²) in [5.41, 5.74) is 0. The first-order valence-corrected chi connectivity index (χ1v) is 5.08. The van der Waals surface area contributed by atoms with E-state index in [-0.39, 0.29) is 6.10 Å². The van der Waals surface area contributed by atoms with Crippen LogP contribution in [0.15, 0.2) is 24.4 Å². The average Bonchev–Trinajstić information content (AvgIpc) is 2.47. The van der Waals surface area contributed by atoms with Gasteiger partial charge in [0, 0.05) is 6.20 Å². The van der Waals surface area contributed by atoms with Crippen LogP contribution >= 0.6 is 0 Å². The molecular weight excluding hydrogens is 188 g/mol. The van der Waals surface area contributed by atoms with Crippen LogP contribution in [0.2, 0.25) is 0 Å². The molecule has 5 heteroatoms. The van der Waals surface area contributed by atoms with Crippen LogP contribution in [0.25, 0.3) is 0 Å². The highest BCUT2D eigenvalue weighted by atomic mass is 32.2. The lowest BCUT2D eigenvalue weighted by molar-refractivity contribution is 0.287. The van der Waals surface area contributed by atoms with Crippen LogP contribution in [0.3, 0.4) is 0 Å². The summed E-state index contributed by atoms with van der Waals surface area (Å²) in [6.07, 6.45) is 1.68. The van der Waals surface area contributed by atoms with E-state index in [1.165, 1.54) is 0 Å². The van der Waals surface area contributed by atoms with Crippen molar-refractivity contribution in [3.8, 4) is 0 Å². The molecule has 1 saturated heterocycles. The van der Waals surface area contributed by atoms with Gasteiger partial charge in [0.2, 0.25) is 0 Å². The molecule has 1 aromatic heterocycles. The molecular formula is C8H10N2O2S. The third kappa shape index (κ3) is 1.71. The Morgan fingerprint density at radius 3 is 3.08 bits per heavy atom. The fourth-order valence-corrected chi connectivity index (χ4v) is 2.23. The quantitative estimate of drug-likeness (QED) is 0.673. The molecule has 0 aliphatic carbocycles. The smallest absolute Gasteiger partial charge is 0.266 e. The summed E-state index contributed by atoms with van der Waals surface area (Å²) >= 11 is -1.37. The van der Waals surface area contributed by atoms with Crippen LogP contribution in [0.5, 0.6) is 0 Å². The number of anilines is 1. The predicted octanol–water partition coefficient (Wildman–Crippen LogP) is 0.885. The summed E-state index contributed by atoms with van der Waals surface area (Å²) in [5.74, 6) is 0.699. The fourth-order valence-electron chi connectivity index (χ4n) is 1.19. The van der Waals surface area contributed by atoms with Crippen molar-refractivity contribution in [3.63, 3.8) is 0 Å². The van der Waals surface area contributed by atoms with Gasteiger partial charge in [0.15, 0.2) is 0 Å². The Balaban J connectivity index is 2.23. The van der Waals surface area contributed by atoms with Gasteiger partial charge in [-0.3, -0.25) is 4.18 Å². The Morgan fingerprint density at radius 1 is 1.69 bits per heavy atom. The molecule has 1 aliphatic rings. The van der Waals surface area contributed by atoms with Gasteiger partial charge < -0.3 is 0 Å². The molecule has 1 aliphatic heterocycles. The summed E-state index contributed by atoms with van der Waals surface area (Å²) in [6, 6.07) is 5.51. The van der Waals surface area contributed by atoms with E-state index in [0.717, 1.165) is 0 Å². The Bertz CT molecular complexity index is 317. The van der Waals surface area contributed by atoms with Crippen molar-refractivity contribution in [1.29, 1.82) is 0 Å².